The molecule has 64 heavy (non-hydrogen) atoms. The van der Waals surface area contributed by atoms with Crippen molar-refractivity contribution in [3.8, 4) is 22.3 Å². The van der Waals surface area contributed by atoms with Crippen molar-refractivity contribution in [2.75, 3.05) is 11.1 Å². The van der Waals surface area contributed by atoms with Crippen LogP contribution in [0.5, 0.6) is 0 Å². The van der Waals surface area contributed by atoms with Crippen LogP contribution >= 0.6 is 11.8 Å². The van der Waals surface area contributed by atoms with E-state index in [4.69, 9.17) is 5.73 Å². The van der Waals surface area contributed by atoms with Gasteiger partial charge in [-0.25, -0.2) is 0 Å². The number of anilines is 3. The van der Waals surface area contributed by atoms with Crippen molar-refractivity contribution in [2.45, 2.75) is 53.4 Å². The molecule has 2 atom stereocenters. The minimum Gasteiger partial charge on any atom is -0.399 e. The number of nitrogens with two attached hydrogens (primary N) is 1. The Kier molecular flexibility index (Phi) is 15.2. The molecule has 1 aliphatic heterocycles. The first-order valence-corrected chi connectivity index (χ1v) is 23.6. The first-order chi connectivity index (χ1) is 31.4. The van der Waals surface area contributed by atoms with Crippen LogP contribution in [0.1, 0.15) is 75.6 Å². The molecule has 3 heteroatoms. The lowest BCUT2D eigenvalue weighted by Gasteiger charge is -2.20. The van der Waals surface area contributed by atoms with E-state index in [1.54, 1.807) is 11.8 Å². The number of nitrogens with one attached hydrogen (secondary N) is 1. The number of hydrogen-bond acceptors (Lipinski definition) is 3. The Labute approximate surface area is 386 Å². The van der Waals surface area contributed by atoms with E-state index in [0.29, 0.717) is 11.8 Å². The predicted octanol–water partition coefficient (Wildman–Crippen LogP) is 17.8. The lowest BCUT2D eigenvalue weighted by atomic mass is 9.91. The molecule has 320 valence electrons. The Morgan fingerprint density at radius 3 is 2.20 bits per heavy atom. The zero-order chi connectivity index (χ0) is 45.0. The summed E-state index contributed by atoms with van der Waals surface area (Å²) in [7, 11) is 0. The smallest absolute Gasteiger partial charge is 0.0470 e. The number of fused-ring (bicyclic) bond motifs is 4. The highest BCUT2D eigenvalue weighted by Gasteiger charge is 2.30. The largest absolute Gasteiger partial charge is 0.399 e. The standard InChI is InChI=1S/C37H30N2S.C20H18.2C2H6/c1-23-10-11-27(22-40-35-9-5-8-30(23)35)36-34(21-20-32-24(2)31-6-3-4-7-33(31)37(32)36)39-29-18-14-26(15-19-29)25-12-16-28(38)17-13-25;1-2-3-4-9-17-11-7-12-20(17)19-14-13-16-8-5-6-10-18(16)15-19;2*1-2/h3-7,9-22,24,39H,1,8,38H2,2H3;2-8,10-15,17H,1,9H2;2*1-2H3/b11-10-,27-22+;4-3-;;. The Morgan fingerprint density at radius 1 is 0.734 bits per heavy atom. The third-order valence-corrected chi connectivity index (χ3v) is 12.9. The Balaban J connectivity index is 0.000000214. The van der Waals surface area contributed by atoms with Gasteiger partial charge in [0.2, 0.25) is 0 Å². The van der Waals surface area contributed by atoms with Gasteiger partial charge < -0.3 is 11.1 Å². The zero-order valence-corrected chi connectivity index (χ0v) is 38.8. The second-order valence-corrected chi connectivity index (χ2v) is 16.6. The third kappa shape index (κ3) is 9.86. The van der Waals surface area contributed by atoms with Gasteiger partial charge in [0.05, 0.1) is 0 Å². The first-order valence-electron chi connectivity index (χ1n) is 22.7. The molecule has 6 aromatic carbocycles. The molecule has 0 saturated heterocycles. The summed E-state index contributed by atoms with van der Waals surface area (Å²) in [6.45, 7) is 18.4. The lowest BCUT2D eigenvalue weighted by Crippen LogP contribution is -2.00. The molecule has 2 unspecified atom stereocenters. The van der Waals surface area contributed by atoms with Gasteiger partial charge in [0, 0.05) is 39.4 Å². The van der Waals surface area contributed by atoms with Crippen molar-refractivity contribution in [1.82, 2.24) is 0 Å². The Bertz CT molecular complexity index is 2860. The number of benzene rings is 6. The van der Waals surface area contributed by atoms with Crippen molar-refractivity contribution in [3.63, 3.8) is 0 Å². The predicted molar refractivity (Wildman–Crippen MR) is 285 cm³/mol. The lowest BCUT2D eigenvalue weighted by molar-refractivity contribution is 0.865. The van der Waals surface area contributed by atoms with Crippen LogP contribution < -0.4 is 11.1 Å². The van der Waals surface area contributed by atoms with E-state index in [2.05, 4.69) is 195 Å². The highest BCUT2D eigenvalue weighted by Crippen LogP contribution is 2.51. The monoisotopic (exact) mass is 852 g/mol. The number of nitrogen functional groups attached to an aromatic ring is 1. The fourth-order valence-electron chi connectivity index (χ4n) is 8.73. The van der Waals surface area contributed by atoms with E-state index < -0.39 is 0 Å². The van der Waals surface area contributed by atoms with Crippen LogP contribution in [0.4, 0.5) is 17.1 Å². The van der Waals surface area contributed by atoms with Gasteiger partial charge in [0.25, 0.3) is 0 Å². The highest BCUT2D eigenvalue weighted by molar-refractivity contribution is 8.06. The molecule has 3 aliphatic carbocycles. The van der Waals surface area contributed by atoms with Crippen molar-refractivity contribution in [3.05, 3.63) is 245 Å². The fraction of sp³-hybridized carbons (Fsp3) is 0.148. The summed E-state index contributed by atoms with van der Waals surface area (Å²) in [6, 6.07) is 45.3. The average Bonchev–Trinajstić information content (AvgIpc) is 4.09. The normalized spacial score (nSPS) is 17.8. The van der Waals surface area contributed by atoms with Gasteiger partial charge in [0.15, 0.2) is 0 Å². The third-order valence-electron chi connectivity index (χ3n) is 11.9. The van der Waals surface area contributed by atoms with E-state index in [1.165, 1.54) is 65.8 Å². The number of allylic oxidation sites excluding steroid dienone is 14. The van der Waals surface area contributed by atoms with Gasteiger partial charge >= 0.3 is 0 Å². The maximum Gasteiger partial charge on any atom is 0.0470 e. The topological polar surface area (TPSA) is 38.0 Å². The Morgan fingerprint density at radius 2 is 1.44 bits per heavy atom. The number of hydrogen-bond donors (Lipinski definition) is 2. The van der Waals surface area contributed by atoms with E-state index in [9.17, 15) is 0 Å². The van der Waals surface area contributed by atoms with Crippen LogP contribution in [-0.2, 0) is 0 Å². The van der Waals surface area contributed by atoms with Crippen LogP contribution in [0, 0.1) is 5.92 Å². The van der Waals surface area contributed by atoms with Gasteiger partial charge in [-0.05, 0) is 127 Å². The summed E-state index contributed by atoms with van der Waals surface area (Å²) < 4.78 is 0. The first kappa shape index (κ1) is 45.2. The zero-order valence-electron chi connectivity index (χ0n) is 37.9. The van der Waals surface area contributed by atoms with Crippen molar-refractivity contribution in [1.29, 1.82) is 0 Å². The van der Waals surface area contributed by atoms with Gasteiger partial charge in [-0.1, -0.05) is 211 Å². The van der Waals surface area contributed by atoms with Gasteiger partial charge in [0.1, 0.15) is 0 Å². The van der Waals surface area contributed by atoms with Gasteiger partial charge in [-0.15, -0.1) is 0 Å². The van der Waals surface area contributed by atoms with Crippen molar-refractivity contribution < 1.29 is 0 Å². The number of rotatable bonds is 8. The second kappa shape index (κ2) is 21.5. The molecule has 1 heterocycles. The Hall–Kier alpha value is -6.81. The van der Waals surface area contributed by atoms with E-state index in [-0.39, 0.29) is 0 Å². The van der Waals surface area contributed by atoms with Crippen molar-refractivity contribution in [2.24, 2.45) is 5.92 Å². The van der Waals surface area contributed by atoms with Crippen molar-refractivity contribution >= 4 is 50.7 Å². The summed E-state index contributed by atoms with van der Waals surface area (Å²) in [4.78, 5) is 1.29. The molecule has 10 rings (SSSR count). The molecule has 0 aromatic heterocycles. The van der Waals surface area contributed by atoms with Crippen LogP contribution in [0.3, 0.4) is 0 Å². The number of thioether (sulfide) groups is 1. The molecule has 4 aliphatic rings. The molecule has 0 radical (unpaired) electrons. The van der Waals surface area contributed by atoms with Gasteiger partial charge in [-0.3, -0.25) is 0 Å². The van der Waals surface area contributed by atoms with Crippen LogP contribution in [0.25, 0.3) is 44.2 Å². The summed E-state index contributed by atoms with van der Waals surface area (Å²) >= 11 is 1.80. The summed E-state index contributed by atoms with van der Waals surface area (Å²) in [5.41, 5.74) is 24.1. The highest BCUT2D eigenvalue weighted by atomic mass is 32.2. The summed E-state index contributed by atoms with van der Waals surface area (Å²) in [5.74, 6) is 0.832. The molecular formula is C61H60N2S. The summed E-state index contributed by atoms with van der Waals surface area (Å²) in [6.07, 6.45) is 23.6. The minimum absolute atomic E-state index is 0.353. The summed E-state index contributed by atoms with van der Waals surface area (Å²) in [5, 5.41) is 8.69. The molecule has 0 bridgehead atoms. The second-order valence-electron chi connectivity index (χ2n) is 15.7. The van der Waals surface area contributed by atoms with E-state index in [1.807, 2.05) is 52.0 Å². The van der Waals surface area contributed by atoms with Gasteiger partial charge in [-0.2, -0.15) is 0 Å². The molecular weight excluding hydrogens is 793 g/mol. The van der Waals surface area contributed by atoms with E-state index >= 15 is 0 Å². The SMILES string of the molecule is C=C/C=C\CC1C=CC=C1c1ccc2ccccc2c1.C=C1/C=C\C(c2c(Nc3ccc(-c4ccc(N)cc4)cc3)ccc3c2-c2ccccc2C3C)=C/SC2=C1CC=C2.CC.CC. The molecule has 0 spiro atoms. The average molecular weight is 853 g/mol. The molecule has 2 nitrogen and oxygen atoms in total. The molecule has 0 amide bonds. The fourth-order valence-corrected chi connectivity index (χ4v) is 9.71. The quantitative estimate of drug-likeness (QED) is 0.118. The maximum absolute atomic E-state index is 5.89. The van der Waals surface area contributed by atoms with Crippen LogP contribution in [0.15, 0.2) is 223 Å². The van der Waals surface area contributed by atoms with Crippen LogP contribution in [0.2, 0.25) is 0 Å². The molecule has 0 saturated carbocycles. The maximum atomic E-state index is 5.89. The van der Waals surface area contributed by atoms with E-state index in [0.717, 1.165) is 46.6 Å². The molecule has 0 fully saturated rings. The van der Waals surface area contributed by atoms with Crippen LogP contribution in [-0.4, -0.2) is 0 Å². The molecule has 3 N–H and O–H groups in total. The minimum atomic E-state index is 0.353. The molecule has 6 aromatic rings.